The molecule has 150 valence electrons. The summed E-state index contributed by atoms with van der Waals surface area (Å²) in [6, 6.07) is 22.3. The zero-order valence-electron chi connectivity index (χ0n) is 16.4. The van der Waals surface area contributed by atoms with E-state index in [1.165, 1.54) is 0 Å². The number of benzene rings is 3. The lowest BCUT2D eigenvalue weighted by Crippen LogP contribution is -2.33. The molecule has 6 nitrogen and oxygen atoms in total. The molecule has 0 saturated carbocycles. The Hall–Kier alpha value is -3.67. The molecule has 0 amide bonds. The molecule has 0 aromatic heterocycles. The Morgan fingerprint density at radius 1 is 0.933 bits per heavy atom. The van der Waals surface area contributed by atoms with Crippen LogP contribution in [0.5, 0.6) is 23.0 Å². The second-order valence-corrected chi connectivity index (χ2v) is 7.50. The van der Waals surface area contributed by atoms with Crippen molar-refractivity contribution in [3.63, 3.8) is 0 Å². The maximum atomic E-state index is 6.40. The molecular formula is C24H20N2O4. The van der Waals surface area contributed by atoms with Gasteiger partial charge in [-0.25, -0.2) is 5.01 Å². The number of para-hydroxylation sites is 1. The highest BCUT2D eigenvalue weighted by Gasteiger charge is 2.41. The minimum Gasteiger partial charge on any atom is -0.497 e. The van der Waals surface area contributed by atoms with Crippen molar-refractivity contribution >= 4 is 5.71 Å². The van der Waals surface area contributed by atoms with E-state index in [9.17, 15) is 0 Å². The summed E-state index contributed by atoms with van der Waals surface area (Å²) in [7, 11) is 1.67. The summed E-state index contributed by atoms with van der Waals surface area (Å²) in [4.78, 5) is 0. The number of fused-ring (bicyclic) bond motifs is 4. The highest BCUT2D eigenvalue weighted by Crippen LogP contribution is 2.48. The quantitative estimate of drug-likeness (QED) is 0.640. The lowest BCUT2D eigenvalue weighted by atomic mass is 9.96. The van der Waals surface area contributed by atoms with Crippen molar-refractivity contribution < 1.29 is 18.9 Å². The van der Waals surface area contributed by atoms with Crippen LogP contribution >= 0.6 is 0 Å². The third kappa shape index (κ3) is 2.68. The normalized spacial score (nSPS) is 20.8. The molecule has 0 bridgehead atoms. The molecule has 0 fully saturated rings. The third-order valence-electron chi connectivity index (χ3n) is 5.81. The molecule has 0 radical (unpaired) electrons. The van der Waals surface area contributed by atoms with Gasteiger partial charge in [-0.3, -0.25) is 0 Å². The summed E-state index contributed by atoms with van der Waals surface area (Å²) in [5, 5.41) is 7.08. The van der Waals surface area contributed by atoms with E-state index in [1.807, 2.05) is 60.7 Å². The molecule has 3 aliphatic rings. The van der Waals surface area contributed by atoms with Crippen LogP contribution in [0.1, 0.15) is 35.4 Å². The minimum atomic E-state index is -0.303. The van der Waals surface area contributed by atoms with Gasteiger partial charge in [0.1, 0.15) is 11.5 Å². The van der Waals surface area contributed by atoms with E-state index < -0.39 is 0 Å². The second-order valence-electron chi connectivity index (χ2n) is 7.50. The lowest BCUT2D eigenvalue weighted by Gasteiger charge is -2.38. The molecule has 0 N–H and O–H groups in total. The minimum absolute atomic E-state index is 0.113. The number of hydrogen-bond donors (Lipinski definition) is 0. The number of hydrogen-bond acceptors (Lipinski definition) is 6. The summed E-state index contributed by atoms with van der Waals surface area (Å²) < 4.78 is 22.7. The van der Waals surface area contributed by atoms with Gasteiger partial charge >= 0.3 is 0 Å². The average Bonchev–Trinajstić information content (AvgIpc) is 3.45. The number of hydrazone groups is 1. The van der Waals surface area contributed by atoms with Gasteiger partial charge in [0, 0.05) is 23.1 Å². The van der Waals surface area contributed by atoms with Gasteiger partial charge in [0.2, 0.25) is 13.0 Å². The number of ether oxygens (including phenoxy) is 4. The summed E-state index contributed by atoms with van der Waals surface area (Å²) in [5.74, 6) is 3.27. The Labute approximate surface area is 174 Å². The Morgan fingerprint density at radius 2 is 1.77 bits per heavy atom. The van der Waals surface area contributed by atoms with Gasteiger partial charge in [-0.05, 0) is 48.5 Å². The lowest BCUT2D eigenvalue weighted by molar-refractivity contribution is -0.0190. The van der Waals surface area contributed by atoms with Gasteiger partial charge in [0.25, 0.3) is 0 Å². The molecule has 3 aromatic rings. The number of rotatable bonds is 3. The van der Waals surface area contributed by atoms with E-state index in [0.717, 1.165) is 51.8 Å². The van der Waals surface area contributed by atoms with Gasteiger partial charge in [-0.2, -0.15) is 5.10 Å². The van der Waals surface area contributed by atoms with Crippen LogP contribution < -0.4 is 18.9 Å². The summed E-state index contributed by atoms with van der Waals surface area (Å²) in [6.45, 7) is 0.265. The van der Waals surface area contributed by atoms with E-state index in [2.05, 4.69) is 11.1 Å². The maximum absolute atomic E-state index is 6.40. The van der Waals surface area contributed by atoms with Crippen LogP contribution in [0.25, 0.3) is 0 Å². The largest absolute Gasteiger partial charge is 0.497 e. The van der Waals surface area contributed by atoms with Crippen LogP contribution in [0.2, 0.25) is 0 Å². The highest BCUT2D eigenvalue weighted by atomic mass is 16.7. The topological polar surface area (TPSA) is 52.5 Å². The van der Waals surface area contributed by atoms with Crippen LogP contribution in [0.4, 0.5) is 0 Å². The second kappa shape index (κ2) is 6.69. The monoisotopic (exact) mass is 400 g/mol. The average molecular weight is 400 g/mol. The smallest absolute Gasteiger partial charge is 0.231 e. The maximum Gasteiger partial charge on any atom is 0.231 e. The fourth-order valence-corrected chi connectivity index (χ4v) is 4.27. The van der Waals surface area contributed by atoms with Crippen molar-refractivity contribution in [2.45, 2.75) is 18.7 Å². The first kappa shape index (κ1) is 17.2. The fourth-order valence-electron chi connectivity index (χ4n) is 4.27. The number of methoxy groups -OCH3 is 1. The van der Waals surface area contributed by atoms with Crippen molar-refractivity contribution in [1.82, 2.24) is 5.01 Å². The fraction of sp³-hybridized carbons (Fsp3) is 0.208. The standard InChI is InChI=1S/C24H20N2O4/c1-27-17-9-6-15(7-10-17)24-26-20(18-4-2-3-5-21(18)30-24)13-19(25-26)16-8-11-22-23(12-16)29-14-28-22/h2-12,20,24H,13-14H2,1H3/t20-,24+/m1/s1. The molecule has 0 spiro atoms. The zero-order valence-corrected chi connectivity index (χ0v) is 16.4. The molecule has 30 heavy (non-hydrogen) atoms. The predicted octanol–water partition coefficient (Wildman–Crippen LogP) is 4.67. The van der Waals surface area contributed by atoms with E-state index >= 15 is 0 Å². The molecule has 0 aliphatic carbocycles. The summed E-state index contributed by atoms with van der Waals surface area (Å²) in [6.07, 6.45) is 0.495. The van der Waals surface area contributed by atoms with Crippen LogP contribution in [0, 0.1) is 0 Å². The van der Waals surface area contributed by atoms with Crippen molar-refractivity contribution in [3.05, 3.63) is 83.4 Å². The molecule has 2 atom stereocenters. The van der Waals surface area contributed by atoms with Crippen LogP contribution in [-0.4, -0.2) is 24.6 Å². The molecule has 3 aromatic carbocycles. The first-order valence-corrected chi connectivity index (χ1v) is 9.95. The van der Waals surface area contributed by atoms with E-state index in [0.29, 0.717) is 0 Å². The molecule has 6 rings (SSSR count). The van der Waals surface area contributed by atoms with E-state index in [-0.39, 0.29) is 19.1 Å². The van der Waals surface area contributed by atoms with Crippen LogP contribution in [-0.2, 0) is 0 Å². The van der Waals surface area contributed by atoms with Crippen molar-refractivity contribution in [1.29, 1.82) is 0 Å². The van der Waals surface area contributed by atoms with Gasteiger partial charge in [-0.15, -0.1) is 0 Å². The van der Waals surface area contributed by atoms with Crippen LogP contribution in [0.3, 0.4) is 0 Å². The number of nitrogens with zero attached hydrogens (tertiary/aromatic N) is 2. The molecule has 0 unspecified atom stereocenters. The van der Waals surface area contributed by atoms with Crippen LogP contribution in [0.15, 0.2) is 71.8 Å². The van der Waals surface area contributed by atoms with Crippen molar-refractivity contribution in [2.24, 2.45) is 5.10 Å². The highest BCUT2D eigenvalue weighted by molar-refractivity contribution is 6.02. The molecule has 0 saturated heterocycles. The van der Waals surface area contributed by atoms with Crippen molar-refractivity contribution in [2.75, 3.05) is 13.9 Å². The molecule has 3 aliphatic heterocycles. The van der Waals surface area contributed by atoms with Crippen molar-refractivity contribution in [3.8, 4) is 23.0 Å². The third-order valence-corrected chi connectivity index (χ3v) is 5.81. The molecule has 6 heteroatoms. The first-order valence-electron chi connectivity index (χ1n) is 9.95. The Morgan fingerprint density at radius 3 is 2.63 bits per heavy atom. The van der Waals surface area contributed by atoms with E-state index in [4.69, 9.17) is 24.0 Å². The van der Waals surface area contributed by atoms with Gasteiger partial charge in [0.05, 0.1) is 18.9 Å². The Kier molecular flexibility index (Phi) is 3.84. The van der Waals surface area contributed by atoms with E-state index in [1.54, 1.807) is 7.11 Å². The van der Waals surface area contributed by atoms with Gasteiger partial charge < -0.3 is 18.9 Å². The molecular weight excluding hydrogens is 380 g/mol. The summed E-state index contributed by atoms with van der Waals surface area (Å²) >= 11 is 0. The van der Waals surface area contributed by atoms with Gasteiger partial charge in [0.15, 0.2) is 11.5 Å². The zero-order chi connectivity index (χ0) is 20.1. The Balaban J connectivity index is 1.41. The van der Waals surface area contributed by atoms with Gasteiger partial charge in [-0.1, -0.05) is 18.2 Å². The molecule has 3 heterocycles. The summed E-state index contributed by atoms with van der Waals surface area (Å²) in [5.41, 5.74) is 4.24. The predicted molar refractivity (Wildman–Crippen MR) is 111 cm³/mol. The SMILES string of the molecule is COc1ccc([C@@H]2Oc3ccccc3[C@H]3CC(c4ccc5c(c4)OCO5)=NN32)cc1. The first-order chi connectivity index (χ1) is 14.8. The Bertz CT molecular complexity index is 1140.